The van der Waals surface area contributed by atoms with Crippen molar-refractivity contribution in [2.24, 2.45) is 0 Å². The lowest BCUT2D eigenvalue weighted by molar-refractivity contribution is -0.120. The molecule has 1 saturated carbocycles. The van der Waals surface area contributed by atoms with Crippen LogP contribution >= 0.6 is 23.4 Å². The zero-order valence-corrected chi connectivity index (χ0v) is 19.5. The highest BCUT2D eigenvalue weighted by molar-refractivity contribution is 8.00. The largest absolute Gasteiger partial charge is 0.352 e. The number of benzene rings is 2. The van der Waals surface area contributed by atoms with E-state index < -0.39 is 0 Å². The molecule has 0 bridgehead atoms. The molecule has 162 valence electrons. The lowest BCUT2D eigenvalue weighted by Gasteiger charge is -2.17. The van der Waals surface area contributed by atoms with Gasteiger partial charge in [-0.05, 0) is 68.0 Å². The summed E-state index contributed by atoms with van der Waals surface area (Å²) in [5.74, 6) is 0.411. The fourth-order valence-electron chi connectivity index (χ4n) is 3.39. The van der Waals surface area contributed by atoms with Gasteiger partial charge in [0.1, 0.15) is 0 Å². The summed E-state index contributed by atoms with van der Waals surface area (Å²) in [6.07, 6.45) is 3.11. The van der Waals surface area contributed by atoms with E-state index in [2.05, 4.69) is 31.3 Å². The van der Waals surface area contributed by atoms with Gasteiger partial charge in [-0.2, -0.15) is 0 Å². The number of rotatable bonds is 7. The molecule has 0 saturated heterocycles. The summed E-state index contributed by atoms with van der Waals surface area (Å²) < 4.78 is 1.60. The Morgan fingerprint density at radius 1 is 1.23 bits per heavy atom. The van der Waals surface area contributed by atoms with Crippen molar-refractivity contribution in [3.05, 3.63) is 63.4 Å². The maximum atomic E-state index is 13.4. The number of halogens is 1. The van der Waals surface area contributed by atoms with Crippen LogP contribution in [-0.4, -0.2) is 26.8 Å². The Bertz CT molecular complexity index is 1170. The van der Waals surface area contributed by atoms with Gasteiger partial charge in [-0.1, -0.05) is 49.3 Å². The number of carbonyl (C=O) groups excluding carboxylic acids is 1. The van der Waals surface area contributed by atoms with Gasteiger partial charge >= 0.3 is 0 Å². The summed E-state index contributed by atoms with van der Waals surface area (Å²) in [7, 11) is 0. The van der Waals surface area contributed by atoms with Crippen LogP contribution in [0.4, 0.5) is 0 Å². The number of aromatic nitrogens is 2. The van der Waals surface area contributed by atoms with Crippen molar-refractivity contribution in [2.75, 3.05) is 0 Å². The van der Waals surface area contributed by atoms with Gasteiger partial charge in [-0.3, -0.25) is 14.2 Å². The molecule has 0 aliphatic heterocycles. The van der Waals surface area contributed by atoms with Crippen molar-refractivity contribution < 1.29 is 4.79 Å². The summed E-state index contributed by atoms with van der Waals surface area (Å²) in [6.45, 7) is 6.18. The molecule has 0 radical (unpaired) electrons. The van der Waals surface area contributed by atoms with Crippen LogP contribution in [0.3, 0.4) is 0 Å². The lowest BCUT2D eigenvalue weighted by Crippen LogP contribution is -2.33. The number of carbonyl (C=O) groups is 1. The molecule has 1 aromatic heterocycles. The first-order valence-corrected chi connectivity index (χ1v) is 11.9. The summed E-state index contributed by atoms with van der Waals surface area (Å²) in [5, 5.41) is 4.14. The molecule has 2 unspecified atom stereocenters. The van der Waals surface area contributed by atoms with Crippen LogP contribution in [0.15, 0.2) is 52.4 Å². The highest BCUT2D eigenvalue weighted by Crippen LogP contribution is 2.28. The number of hydrogen-bond acceptors (Lipinski definition) is 4. The third kappa shape index (κ3) is 4.80. The maximum absolute atomic E-state index is 13.4. The zero-order chi connectivity index (χ0) is 22.1. The van der Waals surface area contributed by atoms with Gasteiger partial charge in [0.25, 0.3) is 5.56 Å². The Morgan fingerprint density at radius 2 is 1.94 bits per heavy atom. The second-order valence-electron chi connectivity index (χ2n) is 8.14. The standard InChI is InChI=1S/C24H26ClN3O2S/c1-4-14(2)16-5-10-19(11-6-16)28-23(30)20-12-7-17(25)13-21(20)27-24(28)31-15(3)22(29)26-18-8-9-18/h5-7,10-15,18H,4,8-9H2,1-3H3,(H,26,29). The van der Waals surface area contributed by atoms with E-state index in [9.17, 15) is 9.59 Å². The Morgan fingerprint density at radius 3 is 2.58 bits per heavy atom. The first-order valence-electron chi connectivity index (χ1n) is 10.7. The molecule has 1 amide bonds. The van der Waals surface area contributed by atoms with E-state index in [0.29, 0.717) is 27.0 Å². The Balaban J connectivity index is 1.78. The van der Waals surface area contributed by atoms with Gasteiger partial charge in [0.2, 0.25) is 5.91 Å². The van der Waals surface area contributed by atoms with E-state index in [1.807, 2.05) is 19.1 Å². The van der Waals surface area contributed by atoms with E-state index in [1.165, 1.54) is 17.3 Å². The highest BCUT2D eigenvalue weighted by atomic mass is 35.5. The summed E-state index contributed by atoms with van der Waals surface area (Å²) in [4.78, 5) is 30.7. The van der Waals surface area contributed by atoms with Crippen molar-refractivity contribution in [2.45, 2.75) is 62.4 Å². The molecule has 1 heterocycles. The van der Waals surface area contributed by atoms with E-state index in [-0.39, 0.29) is 22.8 Å². The first-order chi connectivity index (χ1) is 14.9. The number of hydrogen-bond donors (Lipinski definition) is 1. The predicted molar refractivity (Wildman–Crippen MR) is 128 cm³/mol. The van der Waals surface area contributed by atoms with Crippen molar-refractivity contribution in [3.8, 4) is 5.69 Å². The van der Waals surface area contributed by atoms with Gasteiger partial charge in [-0.25, -0.2) is 4.98 Å². The third-order valence-electron chi connectivity index (χ3n) is 5.71. The average molecular weight is 456 g/mol. The van der Waals surface area contributed by atoms with Crippen LogP contribution in [0, 0.1) is 0 Å². The number of fused-ring (bicyclic) bond motifs is 1. The third-order valence-corrected chi connectivity index (χ3v) is 7.00. The molecule has 31 heavy (non-hydrogen) atoms. The average Bonchev–Trinajstić information content (AvgIpc) is 3.57. The molecule has 5 nitrogen and oxygen atoms in total. The highest BCUT2D eigenvalue weighted by Gasteiger charge is 2.27. The lowest BCUT2D eigenvalue weighted by atomic mass is 9.98. The molecule has 4 rings (SSSR count). The molecule has 0 spiro atoms. The Kier molecular flexibility index (Phi) is 6.39. The molecule has 1 fully saturated rings. The van der Waals surface area contributed by atoms with Gasteiger partial charge in [0, 0.05) is 11.1 Å². The van der Waals surface area contributed by atoms with Crippen LogP contribution in [0.2, 0.25) is 5.02 Å². The molecule has 7 heteroatoms. The van der Waals surface area contributed by atoms with Crippen LogP contribution in [-0.2, 0) is 4.79 Å². The zero-order valence-electron chi connectivity index (χ0n) is 17.9. The quantitative estimate of drug-likeness (QED) is 0.387. The van der Waals surface area contributed by atoms with E-state index >= 15 is 0 Å². The van der Waals surface area contributed by atoms with Gasteiger partial charge in [0.15, 0.2) is 5.16 Å². The molecular formula is C24H26ClN3O2S. The molecular weight excluding hydrogens is 430 g/mol. The SMILES string of the molecule is CCC(C)c1ccc(-n2c(SC(C)C(=O)NC3CC3)nc3cc(Cl)ccc3c2=O)cc1. The van der Waals surface area contributed by atoms with Crippen LogP contribution in [0.1, 0.15) is 51.5 Å². The van der Waals surface area contributed by atoms with Crippen molar-refractivity contribution in [1.29, 1.82) is 0 Å². The predicted octanol–water partition coefficient (Wildman–Crippen LogP) is 5.31. The smallest absolute Gasteiger partial charge is 0.266 e. The van der Waals surface area contributed by atoms with Gasteiger partial charge < -0.3 is 5.32 Å². The maximum Gasteiger partial charge on any atom is 0.266 e. The summed E-state index contributed by atoms with van der Waals surface area (Å²) in [5.41, 5.74) is 2.32. The monoisotopic (exact) mass is 455 g/mol. The fourth-order valence-corrected chi connectivity index (χ4v) is 4.49. The number of nitrogens with zero attached hydrogens (tertiary/aromatic N) is 2. The molecule has 1 N–H and O–H groups in total. The Hall–Kier alpha value is -2.31. The number of amides is 1. The first kappa shape index (κ1) is 21.9. The topological polar surface area (TPSA) is 64.0 Å². The van der Waals surface area contributed by atoms with Crippen LogP contribution < -0.4 is 10.9 Å². The van der Waals surface area contributed by atoms with E-state index in [1.54, 1.807) is 22.8 Å². The summed E-state index contributed by atoms with van der Waals surface area (Å²) in [6, 6.07) is 13.4. The minimum absolute atomic E-state index is 0.0355. The van der Waals surface area contributed by atoms with Crippen molar-refractivity contribution >= 4 is 40.2 Å². The Labute approximate surface area is 191 Å². The second kappa shape index (κ2) is 9.05. The molecule has 1 aliphatic carbocycles. The van der Waals surface area contributed by atoms with Crippen molar-refractivity contribution in [3.63, 3.8) is 0 Å². The molecule has 1 aliphatic rings. The minimum atomic E-state index is -0.380. The van der Waals surface area contributed by atoms with Crippen LogP contribution in [0.5, 0.6) is 0 Å². The van der Waals surface area contributed by atoms with E-state index in [0.717, 1.165) is 24.9 Å². The van der Waals surface area contributed by atoms with Crippen molar-refractivity contribution in [1.82, 2.24) is 14.9 Å². The van der Waals surface area contributed by atoms with E-state index in [4.69, 9.17) is 16.6 Å². The number of thioether (sulfide) groups is 1. The minimum Gasteiger partial charge on any atom is -0.352 e. The number of nitrogens with one attached hydrogen (secondary N) is 1. The molecule has 2 aromatic carbocycles. The summed E-state index contributed by atoms with van der Waals surface area (Å²) >= 11 is 7.43. The molecule has 2 atom stereocenters. The normalized spacial score (nSPS) is 15.6. The van der Waals surface area contributed by atoms with Crippen LogP contribution in [0.25, 0.3) is 16.6 Å². The van der Waals surface area contributed by atoms with Gasteiger partial charge in [0.05, 0.1) is 21.8 Å². The fraction of sp³-hybridized carbons (Fsp3) is 0.375. The van der Waals surface area contributed by atoms with Gasteiger partial charge in [-0.15, -0.1) is 0 Å². The second-order valence-corrected chi connectivity index (χ2v) is 9.88. The molecule has 3 aromatic rings.